The molecule has 3 aliphatic rings. The van der Waals surface area contributed by atoms with Crippen LogP contribution in [-0.2, 0) is 16.1 Å². The van der Waals surface area contributed by atoms with Crippen molar-refractivity contribution >= 4 is 17.5 Å². The number of furan rings is 1. The number of benzene rings is 1. The summed E-state index contributed by atoms with van der Waals surface area (Å²) in [6.07, 6.45) is -1.65. The van der Waals surface area contributed by atoms with Gasteiger partial charge in [-0.3, -0.25) is 19.3 Å². The average Bonchev–Trinajstić information content (AvgIpc) is 3.33. The molecule has 0 bridgehead atoms. The highest BCUT2D eigenvalue weighted by Gasteiger charge is 2.67. The molecular weight excluding hydrogens is 534 g/mol. The summed E-state index contributed by atoms with van der Waals surface area (Å²) in [5.41, 5.74) is 1.41. The van der Waals surface area contributed by atoms with Gasteiger partial charge in [-0.25, -0.2) is 0 Å². The Morgan fingerprint density at radius 2 is 1.73 bits per heavy atom. The van der Waals surface area contributed by atoms with Crippen molar-refractivity contribution in [3.8, 4) is 17.1 Å². The zero-order valence-electron chi connectivity index (χ0n) is 23.2. The Kier molecular flexibility index (Phi) is 6.65. The molecule has 3 aliphatic carbocycles. The molecule has 1 heterocycles. The van der Waals surface area contributed by atoms with Gasteiger partial charge in [-0.2, -0.15) is 0 Å². The van der Waals surface area contributed by atoms with Gasteiger partial charge < -0.3 is 40.6 Å². The lowest BCUT2D eigenvalue weighted by Crippen LogP contribution is -2.68. The van der Waals surface area contributed by atoms with Crippen molar-refractivity contribution in [2.75, 3.05) is 28.2 Å². The number of primary amides is 1. The van der Waals surface area contributed by atoms with Crippen molar-refractivity contribution in [1.82, 2.24) is 9.80 Å². The molecule has 2 aromatic rings. The molecule has 0 radical (unpaired) electrons. The molecule has 1 aromatic carbocycles. The largest absolute Gasteiger partial charge is 0.510 e. The number of fused-ring (bicyclic) bond motifs is 3. The number of phenolic OH excluding ortho intramolecular Hbond substituents is 1. The number of phenols is 1. The topological polar surface area (TPSA) is 198 Å². The number of aromatic hydroxyl groups is 1. The van der Waals surface area contributed by atoms with Crippen LogP contribution in [-0.4, -0.2) is 98.7 Å². The maximum atomic E-state index is 14.0. The van der Waals surface area contributed by atoms with Crippen molar-refractivity contribution in [1.29, 1.82) is 0 Å². The first-order chi connectivity index (χ1) is 19.1. The Balaban J connectivity index is 1.71. The number of nitrogens with two attached hydrogens (primary N) is 1. The van der Waals surface area contributed by atoms with Crippen LogP contribution < -0.4 is 5.73 Å². The number of nitrogens with zero attached hydrogens (tertiary/aromatic N) is 2. The minimum absolute atomic E-state index is 0.173. The van der Waals surface area contributed by atoms with Crippen LogP contribution >= 0.6 is 0 Å². The summed E-state index contributed by atoms with van der Waals surface area (Å²) in [6, 6.07) is 5.30. The summed E-state index contributed by atoms with van der Waals surface area (Å²) in [7, 11) is 6.71. The number of ketones is 2. The van der Waals surface area contributed by atoms with Crippen molar-refractivity contribution in [3.63, 3.8) is 0 Å². The summed E-state index contributed by atoms with van der Waals surface area (Å²) in [6.45, 7) is 2.18. The van der Waals surface area contributed by atoms with E-state index in [1.54, 1.807) is 31.2 Å². The maximum Gasteiger partial charge on any atom is 0.255 e. The second kappa shape index (κ2) is 9.55. The van der Waals surface area contributed by atoms with Gasteiger partial charge in [0.1, 0.15) is 34.4 Å². The van der Waals surface area contributed by atoms with Crippen LogP contribution in [0.4, 0.5) is 0 Å². The molecule has 7 N–H and O–H groups in total. The van der Waals surface area contributed by atoms with E-state index in [1.807, 2.05) is 19.0 Å². The molecular formula is C29H33N3O9. The molecule has 218 valence electrons. The first-order valence-electron chi connectivity index (χ1n) is 13.1. The molecule has 0 aliphatic heterocycles. The minimum Gasteiger partial charge on any atom is -0.510 e. The fourth-order valence-electron chi connectivity index (χ4n) is 6.74. The second-order valence-corrected chi connectivity index (χ2v) is 11.5. The molecule has 0 fully saturated rings. The van der Waals surface area contributed by atoms with Gasteiger partial charge in [0.15, 0.2) is 11.4 Å². The van der Waals surface area contributed by atoms with Crippen LogP contribution in [0.15, 0.2) is 51.3 Å². The lowest BCUT2D eigenvalue weighted by Gasteiger charge is -2.53. The number of aliphatic hydroxyl groups is 4. The minimum atomic E-state index is -2.96. The summed E-state index contributed by atoms with van der Waals surface area (Å²) in [5.74, 6) is -8.37. The average molecular weight is 568 g/mol. The van der Waals surface area contributed by atoms with Gasteiger partial charge in [-0.05, 0) is 57.9 Å². The highest BCUT2D eigenvalue weighted by atomic mass is 16.4. The Bertz CT molecular complexity index is 1550. The Morgan fingerprint density at radius 1 is 1.07 bits per heavy atom. The number of amides is 1. The summed E-state index contributed by atoms with van der Waals surface area (Å²) < 4.78 is 5.86. The third-order valence-electron chi connectivity index (χ3n) is 8.53. The number of Topliss-reactive ketones (excluding diaryl/α,β-unsaturated/α-hetero) is 2. The van der Waals surface area contributed by atoms with Crippen LogP contribution in [0.25, 0.3) is 11.3 Å². The Hall–Kier alpha value is -3.97. The molecule has 6 atom stereocenters. The number of aliphatic hydroxyl groups excluding tert-OH is 3. The SMILES string of the molecule is C[C@H]1c2ccc(-c3ccc(CN(C)C)o3)c(O)c2C(=O)C2=C(O)[C@]3(O)C(=O)C(C(N)=O)=C(O)[C@@H](N(C)C)[C@@H]3[C@@H](O)[C@@H]21. The molecule has 1 aromatic heterocycles. The van der Waals surface area contributed by atoms with E-state index in [0.29, 0.717) is 23.6 Å². The molecule has 0 unspecified atom stereocenters. The van der Waals surface area contributed by atoms with Crippen molar-refractivity contribution in [2.45, 2.75) is 37.1 Å². The lowest BCUT2D eigenvalue weighted by atomic mass is 9.55. The van der Waals surface area contributed by atoms with Crippen LogP contribution in [0.3, 0.4) is 0 Å². The van der Waals surface area contributed by atoms with Crippen LogP contribution in [0.2, 0.25) is 0 Å². The first kappa shape index (κ1) is 28.6. The van der Waals surface area contributed by atoms with Gasteiger partial charge >= 0.3 is 0 Å². The number of carbonyl (C=O) groups is 3. The van der Waals surface area contributed by atoms with E-state index in [4.69, 9.17) is 10.2 Å². The van der Waals surface area contributed by atoms with Crippen LogP contribution in [0, 0.1) is 11.8 Å². The fraction of sp³-hybridized carbons (Fsp3) is 0.414. The Labute approximate surface area is 235 Å². The predicted molar refractivity (Wildman–Crippen MR) is 145 cm³/mol. The third-order valence-corrected chi connectivity index (χ3v) is 8.53. The molecule has 0 saturated heterocycles. The van der Waals surface area contributed by atoms with Crippen molar-refractivity contribution in [3.05, 3.63) is 63.8 Å². The maximum absolute atomic E-state index is 14.0. The molecule has 5 rings (SSSR count). The summed E-state index contributed by atoms with van der Waals surface area (Å²) in [5, 5.41) is 57.2. The van der Waals surface area contributed by atoms with E-state index >= 15 is 0 Å². The van der Waals surface area contributed by atoms with Gasteiger partial charge in [0.05, 0.1) is 35.7 Å². The highest BCUT2D eigenvalue weighted by molar-refractivity contribution is 6.25. The van der Waals surface area contributed by atoms with Gasteiger partial charge in [-0.1, -0.05) is 13.0 Å². The summed E-state index contributed by atoms with van der Waals surface area (Å²) >= 11 is 0. The quantitative estimate of drug-likeness (QED) is 0.282. The first-order valence-corrected chi connectivity index (χ1v) is 13.1. The second-order valence-electron chi connectivity index (χ2n) is 11.5. The van der Waals surface area contributed by atoms with E-state index < -0.39 is 81.4 Å². The van der Waals surface area contributed by atoms with Gasteiger partial charge in [0.2, 0.25) is 5.78 Å². The lowest BCUT2D eigenvalue weighted by molar-refractivity contribution is -0.162. The summed E-state index contributed by atoms with van der Waals surface area (Å²) in [4.78, 5) is 42.9. The van der Waals surface area contributed by atoms with E-state index in [1.165, 1.54) is 19.0 Å². The number of rotatable bonds is 5. The molecule has 1 amide bonds. The molecule has 12 heteroatoms. The normalized spacial score (nSPS) is 29.6. The number of carbonyl (C=O) groups excluding carboxylic acids is 3. The van der Waals surface area contributed by atoms with E-state index in [-0.39, 0.29) is 11.1 Å². The van der Waals surface area contributed by atoms with E-state index in [0.717, 1.165) is 0 Å². The Morgan fingerprint density at radius 3 is 2.32 bits per heavy atom. The third kappa shape index (κ3) is 3.86. The smallest absolute Gasteiger partial charge is 0.255 e. The van der Waals surface area contributed by atoms with Crippen LogP contribution in [0.5, 0.6) is 5.75 Å². The van der Waals surface area contributed by atoms with E-state index in [2.05, 4.69) is 0 Å². The van der Waals surface area contributed by atoms with Crippen molar-refractivity contribution < 1.29 is 44.3 Å². The zero-order valence-corrected chi connectivity index (χ0v) is 23.2. The standard InChI is InChI=1S/C29H33N3O9/c1-11-13-7-8-14(15-9-6-12(41-15)10-31(2)3)22(33)17(13)23(34)18-16(11)24(35)20-21(32(4)5)25(36)19(28(30)39)27(38)29(20,40)26(18)37/h6-9,11,16,20-21,24,33,35-37,40H,10H2,1-5H3,(H2,30,39)/t11-,16+,20+,21-,24-,29-/m0/s1. The van der Waals surface area contributed by atoms with Crippen molar-refractivity contribution in [2.24, 2.45) is 17.6 Å². The fourth-order valence-corrected chi connectivity index (χ4v) is 6.74. The van der Waals surface area contributed by atoms with E-state index in [9.17, 15) is 39.9 Å². The van der Waals surface area contributed by atoms with Crippen LogP contribution in [0.1, 0.15) is 34.5 Å². The van der Waals surface area contributed by atoms with Gasteiger partial charge in [0.25, 0.3) is 5.91 Å². The highest BCUT2D eigenvalue weighted by Crippen LogP contribution is 2.56. The monoisotopic (exact) mass is 567 g/mol. The number of hydrogen-bond donors (Lipinski definition) is 6. The predicted octanol–water partition coefficient (Wildman–Crippen LogP) is 0.974. The number of hydrogen-bond acceptors (Lipinski definition) is 11. The zero-order chi connectivity index (χ0) is 30.3. The van der Waals surface area contributed by atoms with Gasteiger partial charge in [0, 0.05) is 11.5 Å². The molecule has 12 nitrogen and oxygen atoms in total. The molecule has 41 heavy (non-hydrogen) atoms. The van der Waals surface area contributed by atoms with Gasteiger partial charge in [-0.15, -0.1) is 0 Å². The molecule has 0 saturated carbocycles. The molecule has 0 spiro atoms. The number of likely N-dealkylation sites (N-methyl/N-ethyl adjacent to an activating group) is 1.